The van der Waals surface area contributed by atoms with Gasteiger partial charge in [0.05, 0.1) is 28.8 Å². The van der Waals surface area contributed by atoms with Crippen LogP contribution in [0.5, 0.6) is 17.2 Å². The SMILES string of the molecule is COc1c(O)ccc2c1-c1ccc3c(c1/C(=C/c1cccc(Cl)c1C#N)O2)C(C)=CC(C)(C)N3. The van der Waals surface area contributed by atoms with Crippen LogP contribution in [0.1, 0.15) is 43.0 Å². The fraction of sp³-hybridized carbons (Fsp3) is 0.179. The lowest BCUT2D eigenvalue weighted by molar-refractivity contribution is 0.371. The van der Waals surface area contributed by atoms with Crippen molar-refractivity contribution in [3.63, 3.8) is 0 Å². The number of hydrogen-bond acceptors (Lipinski definition) is 5. The van der Waals surface area contributed by atoms with Crippen molar-refractivity contribution in [2.45, 2.75) is 26.3 Å². The van der Waals surface area contributed by atoms with E-state index in [-0.39, 0.29) is 11.3 Å². The summed E-state index contributed by atoms with van der Waals surface area (Å²) in [5.74, 6) is 1.53. The lowest BCUT2D eigenvalue weighted by Gasteiger charge is -2.35. The van der Waals surface area contributed by atoms with Gasteiger partial charge >= 0.3 is 0 Å². The maximum Gasteiger partial charge on any atom is 0.172 e. The summed E-state index contributed by atoms with van der Waals surface area (Å²) >= 11 is 6.30. The van der Waals surface area contributed by atoms with E-state index in [0.29, 0.717) is 39.0 Å². The van der Waals surface area contributed by atoms with E-state index in [0.717, 1.165) is 28.0 Å². The molecule has 0 bridgehead atoms. The summed E-state index contributed by atoms with van der Waals surface area (Å²) in [5, 5.41) is 24.2. The molecule has 5 rings (SSSR count). The van der Waals surface area contributed by atoms with Crippen LogP contribution in [-0.4, -0.2) is 17.8 Å². The summed E-state index contributed by atoms with van der Waals surface area (Å²) in [6.45, 7) is 6.32. The second-order valence-corrected chi connectivity index (χ2v) is 9.41. The monoisotopic (exact) mass is 470 g/mol. The zero-order valence-corrected chi connectivity index (χ0v) is 20.0. The third-order valence-corrected chi connectivity index (χ3v) is 6.43. The number of aromatic hydroxyl groups is 1. The van der Waals surface area contributed by atoms with Gasteiger partial charge in [-0.25, -0.2) is 0 Å². The van der Waals surface area contributed by atoms with Gasteiger partial charge in [-0.15, -0.1) is 0 Å². The fourth-order valence-electron chi connectivity index (χ4n) is 4.87. The Morgan fingerprint density at radius 2 is 1.91 bits per heavy atom. The first-order chi connectivity index (χ1) is 16.2. The van der Waals surface area contributed by atoms with Gasteiger partial charge in [0, 0.05) is 22.4 Å². The summed E-state index contributed by atoms with van der Waals surface area (Å²) in [6, 6.07) is 14.9. The number of nitriles is 1. The van der Waals surface area contributed by atoms with E-state index < -0.39 is 0 Å². The maximum atomic E-state index is 10.5. The maximum absolute atomic E-state index is 10.5. The van der Waals surface area contributed by atoms with Crippen molar-refractivity contribution in [2.24, 2.45) is 0 Å². The molecule has 0 spiro atoms. The average molecular weight is 471 g/mol. The van der Waals surface area contributed by atoms with Gasteiger partial charge < -0.3 is 19.9 Å². The number of methoxy groups -OCH3 is 1. The average Bonchev–Trinajstić information content (AvgIpc) is 2.78. The molecule has 0 fully saturated rings. The molecule has 2 N–H and O–H groups in total. The van der Waals surface area contributed by atoms with E-state index in [1.54, 1.807) is 18.2 Å². The molecule has 0 amide bonds. The number of ether oxygens (including phenoxy) is 2. The minimum Gasteiger partial charge on any atom is -0.504 e. The van der Waals surface area contributed by atoms with Crippen molar-refractivity contribution in [3.8, 4) is 34.4 Å². The number of rotatable bonds is 2. The molecule has 6 heteroatoms. The van der Waals surface area contributed by atoms with Crippen molar-refractivity contribution in [1.29, 1.82) is 5.26 Å². The molecule has 2 aliphatic rings. The Morgan fingerprint density at radius 1 is 1.12 bits per heavy atom. The Labute approximate surface area is 203 Å². The molecule has 34 heavy (non-hydrogen) atoms. The quantitative estimate of drug-likeness (QED) is 0.418. The topological polar surface area (TPSA) is 74.5 Å². The molecule has 3 aromatic carbocycles. The summed E-state index contributed by atoms with van der Waals surface area (Å²) in [5.41, 5.74) is 6.32. The summed E-state index contributed by atoms with van der Waals surface area (Å²) in [6.07, 6.45) is 4.03. The van der Waals surface area contributed by atoms with E-state index in [9.17, 15) is 10.4 Å². The Hall–Kier alpha value is -3.88. The summed E-state index contributed by atoms with van der Waals surface area (Å²) in [4.78, 5) is 0. The molecule has 170 valence electrons. The number of allylic oxidation sites excluding steroid dienone is 1. The highest BCUT2D eigenvalue weighted by molar-refractivity contribution is 6.32. The number of halogens is 1. The van der Waals surface area contributed by atoms with Gasteiger partial charge in [0.2, 0.25) is 0 Å². The second kappa shape index (κ2) is 7.86. The molecule has 5 nitrogen and oxygen atoms in total. The van der Waals surface area contributed by atoms with Crippen LogP contribution in [0.3, 0.4) is 0 Å². The number of hydrogen-bond donors (Lipinski definition) is 2. The van der Waals surface area contributed by atoms with Gasteiger partial charge in [-0.05, 0) is 62.2 Å². The van der Waals surface area contributed by atoms with Crippen LogP contribution in [0.4, 0.5) is 5.69 Å². The molecule has 2 aliphatic heterocycles. The van der Waals surface area contributed by atoms with E-state index in [1.807, 2.05) is 30.3 Å². The fourth-order valence-corrected chi connectivity index (χ4v) is 5.09. The first-order valence-electron chi connectivity index (χ1n) is 10.9. The van der Waals surface area contributed by atoms with Crippen LogP contribution < -0.4 is 14.8 Å². The zero-order valence-electron chi connectivity index (χ0n) is 19.3. The van der Waals surface area contributed by atoms with E-state index >= 15 is 0 Å². The highest BCUT2D eigenvalue weighted by Crippen LogP contribution is 2.54. The van der Waals surface area contributed by atoms with Crippen LogP contribution in [0.25, 0.3) is 28.5 Å². The molecule has 0 saturated carbocycles. The third-order valence-electron chi connectivity index (χ3n) is 6.12. The second-order valence-electron chi connectivity index (χ2n) is 9.00. The molecule has 0 aliphatic carbocycles. The molecule has 0 aromatic heterocycles. The number of nitrogens with one attached hydrogen (secondary N) is 1. The largest absolute Gasteiger partial charge is 0.504 e. The zero-order chi connectivity index (χ0) is 24.2. The van der Waals surface area contributed by atoms with Crippen LogP contribution in [0.15, 0.2) is 48.5 Å². The van der Waals surface area contributed by atoms with Crippen LogP contribution in [-0.2, 0) is 0 Å². The smallest absolute Gasteiger partial charge is 0.172 e. The molecule has 0 atom stereocenters. The van der Waals surface area contributed by atoms with Gasteiger partial charge in [-0.2, -0.15) is 5.26 Å². The molecular formula is C28H23ClN2O3. The minimum absolute atomic E-state index is 0.0362. The van der Waals surface area contributed by atoms with Gasteiger partial charge in [-0.1, -0.05) is 35.9 Å². The van der Waals surface area contributed by atoms with Crippen molar-refractivity contribution in [3.05, 3.63) is 75.8 Å². The van der Waals surface area contributed by atoms with Crippen molar-refractivity contribution >= 4 is 34.7 Å². The summed E-state index contributed by atoms with van der Waals surface area (Å²) in [7, 11) is 1.53. The van der Waals surface area contributed by atoms with Gasteiger partial charge in [0.15, 0.2) is 11.5 Å². The van der Waals surface area contributed by atoms with Crippen molar-refractivity contribution in [2.75, 3.05) is 12.4 Å². The van der Waals surface area contributed by atoms with Gasteiger partial charge in [0.25, 0.3) is 0 Å². The number of fused-ring (bicyclic) bond motifs is 5. The normalized spacial score (nSPS) is 16.2. The minimum atomic E-state index is -0.209. The summed E-state index contributed by atoms with van der Waals surface area (Å²) < 4.78 is 12.0. The molecule has 0 radical (unpaired) electrons. The first kappa shape index (κ1) is 21.9. The number of nitrogens with zero attached hydrogens (tertiary/aromatic N) is 1. The number of anilines is 1. The molecule has 0 saturated heterocycles. The van der Waals surface area contributed by atoms with E-state index in [1.165, 1.54) is 7.11 Å². The van der Waals surface area contributed by atoms with Gasteiger partial charge in [0.1, 0.15) is 17.6 Å². The van der Waals surface area contributed by atoms with Crippen molar-refractivity contribution in [1.82, 2.24) is 0 Å². The van der Waals surface area contributed by atoms with Gasteiger partial charge in [-0.3, -0.25) is 0 Å². The van der Waals surface area contributed by atoms with Crippen LogP contribution in [0.2, 0.25) is 5.02 Å². The lowest BCUT2D eigenvalue weighted by atomic mass is 9.82. The molecule has 2 heterocycles. The third kappa shape index (κ3) is 3.39. The lowest BCUT2D eigenvalue weighted by Crippen LogP contribution is -2.32. The number of phenols is 1. The van der Waals surface area contributed by atoms with Crippen molar-refractivity contribution < 1.29 is 14.6 Å². The van der Waals surface area contributed by atoms with Crippen LogP contribution >= 0.6 is 11.6 Å². The molecule has 0 unspecified atom stereocenters. The first-order valence-corrected chi connectivity index (χ1v) is 11.3. The van der Waals surface area contributed by atoms with Crippen LogP contribution in [0, 0.1) is 11.3 Å². The Morgan fingerprint density at radius 3 is 2.65 bits per heavy atom. The number of phenolic OH excluding ortho intramolecular Hbond substituents is 1. The highest BCUT2D eigenvalue weighted by Gasteiger charge is 2.33. The highest BCUT2D eigenvalue weighted by atomic mass is 35.5. The Balaban J connectivity index is 1.86. The number of benzene rings is 3. The standard InChI is InChI=1S/C28H23ClN2O3/c1-15-13-28(2,3)31-20-9-8-17-25(24(15)20)23(12-16-6-5-7-19(29)18(16)14-30)34-22-11-10-21(32)27(33-4)26(17)22/h5-13,31-32H,1-4H3/b23-12-. The Kier molecular flexibility index (Phi) is 5.07. The van der Waals surface area contributed by atoms with E-state index in [2.05, 4.69) is 38.2 Å². The Bertz CT molecular complexity index is 1460. The molecule has 3 aromatic rings. The van der Waals surface area contributed by atoms with E-state index in [4.69, 9.17) is 21.1 Å². The predicted molar refractivity (Wildman–Crippen MR) is 136 cm³/mol. The molecular weight excluding hydrogens is 448 g/mol. The predicted octanol–water partition coefficient (Wildman–Crippen LogP) is 7.09.